The van der Waals surface area contributed by atoms with Crippen molar-refractivity contribution in [2.75, 3.05) is 0 Å². The minimum atomic E-state index is 0. The summed E-state index contributed by atoms with van der Waals surface area (Å²) in [5, 5.41) is 0. The molecule has 51 valence electrons. The van der Waals surface area contributed by atoms with Crippen molar-refractivity contribution in [1.82, 2.24) is 0 Å². The summed E-state index contributed by atoms with van der Waals surface area (Å²) in [6.45, 7) is 0. The molecule has 6 heteroatoms. The molecule has 0 bridgehead atoms. The van der Waals surface area contributed by atoms with Crippen LogP contribution in [0.25, 0.3) is 0 Å². The van der Waals surface area contributed by atoms with E-state index in [1.165, 1.54) is 0 Å². The molecule has 0 atom stereocenters. The van der Waals surface area contributed by atoms with Gasteiger partial charge >= 0.3 is 0 Å². The summed E-state index contributed by atoms with van der Waals surface area (Å²) in [6, 6.07) is 0. The zero-order chi connectivity index (χ0) is 0. The smallest absolute Gasteiger partial charge is 0 e. The molecule has 0 aromatic rings. The Labute approximate surface area is 80.8 Å². The fourth-order valence-corrected chi connectivity index (χ4v) is 0. The molecule has 0 spiro atoms. The van der Waals surface area contributed by atoms with E-state index in [9.17, 15) is 0 Å². The first-order chi connectivity index (χ1) is 0. The molecule has 0 N–H and O–H groups in total. The number of rotatable bonds is 0. The van der Waals surface area contributed by atoms with Gasteiger partial charge < -0.3 is 0 Å². The molecule has 0 saturated carbocycles. The van der Waals surface area contributed by atoms with Crippen molar-refractivity contribution in [2.24, 2.45) is 0 Å². The van der Waals surface area contributed by atoms with Crippen LogP contribution in [0.4, 0.5) is 18.8 Å². The largest absolute Gasteiger partial charge is 0.269 e. The van der Waals surface area contributed by atoms with E-state index >= 15 is 0 Å². The van der Waals surface area contributed by atoms with Gasteiger partial charge in [-0.25, -0.2) is 0 Å². The molecule has 6 heavy (non-hydrogen) atoms. The molecule has 0 aromatic heterocycles. The molecule has 0 saturated heterocycles. The van der Waals surface area contributed by atoms with Gasteiger partial charge in [0.05, 0.1) is 0 Å². The first kappa shape index (κ1) is 109. The fourth-order valence-electron chi connectivity index (χ4n) is 0. The summed E-state index contributed by atoms with van der Waals surface area (Å²) in [4.78, 5) is 0. The van der Waals surface area contributed by atoms with Gasteiger partial charge in [0.15, 0.2) is 0 Å². The van der Waals surface area contributed by atoms with E-state index in [1.54, 1.807) is 0 Å². The standard InChI is InChI=1S/4FH.Lu.Zr/h4*1H;;. The molecule has 0 aromatic carbocycles. The molecular weight excluding hydrogens is 342 g/mol. The molecule has 0 unspecified atom stereocenters. The summed E-state index contributed by atoms with van der Waals surface area (Å²) in [6.07, 6.45) is 0. The fraction of sp³-hybridized carbons (Fsp3) is 0. The van der Waals surface area contributed by atoms with Gasteiger partial charge in [0.1, 0.15) is 0 Å². The third-order valence-electron chi connectivity index (χ3n) is 0. The molecule has 0 heterocycles. The summed E-state index contributed by atoms with van der Waals surface area (Å²) in [5.41, 5.74) is 0. The van der Waals surface area contributed by atoms with E-state index in [-0.39, 0.29) is 81.9 Å². The van der Waals surface area contributed by atoms with Crippen molar-refractivity contribution >= 4 is 0 Å². The maximum absolute atomic E-state index is 0. The third kappa shape index (κ3) is 40.5. The van der Waals surface area contributed by atoms with Crippen LogP contribution in [0, 0.1) is 36.9 Å². The molecule has 0 fully saturated rings. The van der Waals surface area contributed by atoms with Crippen molar-refractivity contribution in [2.45, 2.75) is 0 Å². The Hall–Kier alpha value is 1.84. The van der Waals surface area contributed by atoms with Crippen LogP contribution in [0.15, 0.2) is 0 Å². The molecule has 0 aliphatic heterocycles. The quantitative estimate of drug-likeness (QED) is 0.564. The van der Waals surface area contributed by atoms with Crippen LogP contribution >= 0.6 is 0 Å². The van der Waals surface area contributed by atoms with Crippen molar-refractivity contribution < 1.29 is 81.9 Å². The first-order valence-corrected chi connectivity index (χ1v) is 0. The minimum Gasteiger partial charge on any atom is -0.269 e. The van der Waals surface area contributed by atoms with E-state index < -0.39 is 0 Å². The zero-order valence-corrected chi connectivity index (χ0v) is 6.51. The average molecular weight is 346 g/mol. The second-order valence-electron chi connectivity index (χ2n) is 0. The average Bonchev–Trinajstić information content (AvgIpc) is 0. The van der Waals surface area contributed by atoms with Gasteiger partial charge in [0.25, 0.3) is 0 Å². The molecular formula is H4F4LuZr. The van der Waals surface area contributed by atoms with Crippen LogP contribution in [0.5, 0.6) is 0 Å². The zero-order valence-electron chi connectivity index (χ0n) is 2.39. The first-order valence-electron chi connectivity index (χ1n) is 0. The minimum absolute atomic E-state index is 0. The second-order valence-corrected chi connectivity index (χ2v) is 0. The van der Waals surface area contributed by atoms with Crippen molar-refractivity contribution in [1.29, 1.82) is 0 Å². The van der Waals surface area contributed by atoms with Gasteiger partial charge in [-0.3, -0.25) is 18.8 Å². The van der Waals surface area contributed by atoms with Crippen LogP contribution in [0.3, 0.4) is 0 Å². The van der Waals surface area contributed by atoms with Gasteiger partial charge in [-0.05, 0) is 0 Å². The van der Waals surface area contributed by atoms with Gasteiger partial charge in [-0.2, -0.15) is 0 Å². The van der Waals surface area contributed by atoms with Crippen LogP contribution in [-0.2, 0) is 26.2 Å². The van der Waals surface area contributed by atoms with Crippen LogP contribution in [0.2, 0.25) is 0 Å². The van der Waals surface area contributed by atoms with Crippen molar-refractivity contribution in [3.8, 4) is 0 Å². The molecule has 0 amide bonds. The van der Waals surface area contributed by atoms with E-state index in [0.29, 0.717) is 0 Å². The van der Waals surface area contributed by atoms with E-state index in [1.807, 2.05) is 0 Å². The molecule has 1 radical (unpaired) electrons. The maximum Gasteiger partial charge on any atom is 0 e. The Morgan fingerprint density at radius 3 is 0.500 bits per heavy atom. The normalized spacial score (nSPS) is 0. The Morgan fingerprint density at radius 2 is 0.500 bits per heavy atom. The van der Waals surface area contributed by atoms with Gasteiger partial charge in [0, 0.05) is 63.1 Å². The summed E-state index contributed by atoms with van der Waals surface area (Å²) in [7, 11) is 0. The van der Waals surface area contributed by atoms with Gasteiger partial charge in [-0.1, -0.05) is 0 Å². The summed E-state index contributed by atoms with van der Waals surface area (Å²) < 4.78 is 0. The van der Waals surface area contributed by atoms with Gasteiger partial charge in [-0.15, -0.1) is 0 Å². The topological polar surface area (TPSA) is 0 Å². The van der Waals surface area contributed by atoms with E-state index in [0.717, 1.165) is 0 Å². The predicted molar refractivity (Wildman–Crippen MR) is 10.0 cm³/mol. The Morgan fingerprint density at radius 1 is 0.500 bits per heavy atom. The Bertz CT molecular complexity index is 7.51. The molecule has 0 aliphatic rings. The number of hydrogen-bond donors (Lipinski definition) is 0. The number of halogens is 4. The van der Waals surface area contributed by atoms with Gasteiger partial charge in [0.2, 0.25) is 0 Å². The monoisotopic (exact) mass is 345 g/mol. The SMILES string of the molecule is F.F.F.F.[Lu].[Zr]. The third-order valence-corrected chi connectivity index (χ3v) is 0. The van der Waals surface area contributed by atoms with Crippen LogP contribution < -0.4 is 0 Å². The number of hydrogen-bond acceptors (Lipinski definition) is 0. The second kappa shape index (κ2) is 69.0. The molecule has 0 rings (SSSR count). The Kier molecular flexibility index (Phi) is 1250. The predicted octanol–water partition coefficient (Wildman–Crippen LogP) is 0.607. The Balaban J connectivity index is 0. The van der Waals surface area contributed by atoms with Crippen LogP contribution in [0.1, 0.15) is 0 Å². The maximum atomic E-state index is 0. The molecule has 0 aliphatic carbocycles. The van der Waals surface area contributed by atoms with Crippen molar-refractivity contribution in [3.63, 3.8) is 0 Å². The summed E-state index contributed by atoms with van der Waals surface area (Å²) in [5.74, 6) is 0. The van der Waals surface area contributed by atoms with Crippen LogP contribution in [-0.4, -0.2) is 0 Å². The van der Waals surface area contributed by atoms with E-state index in [2.05, 4.69) is 0 Å². The summed E-state index contributed by atoms with van der Waals surface area (Å²) >= 11 is 0. The molecule has 0 nitrogen and oxygen atoms in total. The van der Waals surface area contributed by atoms with Crippen molar-refractivity contribution in [3.05, 3.63) is 0 Å². The van der Waals surface area contributed by atoms with E-state index in [4.69, 9.17) is 0 Å².